The van der Waals surface area contributed by atoms with Crippen molar-refractivity contribution >= 4 is 63.8 Å². The Morgan fingerprint density at radius 2 is 1.76 bits per heavy atom. The number of aryl methyl sites for hydroxylation is 1. The molecule has 8 heteroatoms. The molecule has 3 aromatic carbocycles. The van der Waals surface area contributed by atoms with E-state index in [9.17, 15) is 14.4 Å². The van der Waals surface area contributed by atoms with Gasteiger partial charge in [-0.15, -0.1) is 0 Å². The van der Waals surface area contributed by atoms with Crippen LogP contribution in [-0.2, 0) is 16.2 Å². The maximum atomic E-state index is 13.2. The van der Waals surface area contributed by atoms with Crippen molar-refractivity contribution in [3.8, 4) is 5.75 Å². The molecule has 33 heavy (non-hydrogen) atoms. The minimum atomic E-state index is -0.828. The third-order valence-electron chi connectivity index (χ3n) is 5.04. The highest BCUT2D eigenvalue weighted by molar-refractivity contribution is 14.1. The lowest BCUT2D eigenvalue weighted by Crippen LogP contribution is -2.54. The molecule has 6 nitrogen and oxygen atoms in total. The van der Waals surface area contributed by atoms with Crippen molar-refractivity contribution in [3.63, 3.8) is 0 Å². The van der Waals surface area contributed by atoms with E-state index in [1.54, 1.807) is 36.4 Å². The van der Waals surface area contributed by atoms with E-state index in [-0.39, 0.29) is 11.3 Å². The second-order valence-corrected chi connectivity index (χ2v) is 9.00. The van der Waals surface area contributed by atoms with Gasteiger partial charge in [-0.1, -0.05) is 48.0 Å². The molecular weight excluding hydrogens is 555 g/mol. The summed E-state index contributed by atoms with van der Waals surface area (Å²) < 4.78 is 7.07. The Kier molecular flexibility index (Phi) is 6.80. The zero-order chi connectivity index (χ0) is 23.5. The predicted octanol–water partition coefficient (Wildman–Crippen LogP) is 5.50. The van der Waals surface area contributed by atoms with Crippen molar-refractivity contribution in [3.05, 3.63) is 97.6 Å². The van der Waals surface area contributed by atoms with E-state index in [4.69, 9.17) is 16.3 Å². The first-order chi connectivity index (χ1) is 15.8. The molecule has 4 rings (SSSR count). The number of ether oxygens (including phenoxy) is 1. The summed E-state index contributed by atoms with van der Waals surface area (Å²) in [5, 5.41) is 2.63. The van der Waals surface area contributed by atoms with Crippen LogP contribution in [0, 0.1) is 10.5 Å². The molecule has 0 atom stereocenters. The molecule has 0 radical (unpaired) electrons. The smallest absolute Gasteiger partial charge is 0.335 e. The number of barbiturate groups is 1. The average molecular weight is 573 g/mol. The van der Waals surface area contributed by atoms with Gasteiger partial charge in [0, 0.05) is 14.2 Å². The minimum absolute atomic E-state index is 0.184. The maximum Gasteiger partial charge on any atom is 0.335 e. The molecule has 1 N–H and O–H groups in total. The fourth-order valence-corrected chi connectivity index (χ4v) is 3.78. The van der Waals surface area contributed by atoms with Crippen molar-refractivity contribution < 1.29 is 19.1 Å². The summed E-state index contributed by atoms with van der Waals surface area (Å²) in [5.74, 6) is -1.01. The number of para-hydroxylation sites is 1. The van der Waals surface area contributed by atoms with Gasteiger partial charge in [0.1, 0.15) is 17.9 Å². The zero-order valence-electron chi connectivity index (χ0n) is 17.5. The highest BCUT2D eigenvalue weighted by atomic mass is 127. The number of carbonyl (C=O) groups excluding carboxylic acids is 3. The van der Waals surface area contributed by atoms with Crippen LogP contribution in [0.25, 0.3) is 6.08 Å². The summed E-state index contributed by atoms with van der Waals surface area (Å²) in [7, 11) is 0. The molecule has 3 aromatic rings. The van der Waals surface area contributed by atoms with Gasteiger partial charge in [-0.2, -0.15) is 0 Å². The Labute approximate surface area is 209 Å². The Hall–Kier alpha value is -3.17. The van der Waals surface area contributed by atoms with Crippen LogP contribution in [0.4, 0.5) is 10.5 Å². The summed E-state index contributed by atoms with van der Waals surface area (Å²) in [5.41, 5.74) is 2.41. The Balaban J connectivity index is 1.64. The Bertz CT molecular complexity index is 1290. The molecule has 1 heterocycles. The topological polar surface area (TPSA) is 75.7 Å². The minimum Gasteiger partial charge on any atom is -0.488 e. The number of halogens is 2. The van der Waals surface area contributed by atoms with Gasteiger partial charge in [0.05, 0.1) is 5.69 Å². The molecule has 4 amide bonds. The third kappa shape index (κ3) is 5.09. The second kappa shape index (κ2) is 9.76. The Morgan fingerprint density at radius 3 is 2.48 bits per heavy atom. The normalized spacial score (nSPS) is 15.1. The fraction of sp³-hybridized carbons (Fsp3) is 0.0800. The van der Waals surface area contributed by atoms with Gasteiger partial charge in [-0.05, 0) is 77.0 Å². The van der Waals surface area contributed by atoms with Crippen LogP contribution >= 0.6 is 34.2 Å². The van der Waals surface area contributed by atoms with E-state index in [1.807, 2.05) is 31.2 Å². The monoisotopic (exact) mass is 572 g/mol. The number of urea groups is 1. The number of carbonyl (C=O) groups is 3. The fourth-order valence-electron chi connectivity index (χ4n) is 3.24. The first kappa shape index (κ1) is 23.0. The standard InChI is InChI=1S/C25H18ClIN2O4/c1-15-6-11-19(13-21(15)26)29-24(31)20(23(30)28-25(29)32)12-17-4-2-3-5-22(17)33-14-16-7-9-18(27)10-8-16/h2-13H,14H2,1H3,(H,28,30,32)/b20-12-. The number of hydrogen-bond acceptors (Lipinski definition) is 4. The van der Waals surface area contributed by atoms with E-state index >= 15 is 0 Å². The Morgan fingerprint density at radius 1 is 1.03 bits per heavy atom. The molecule has 0 spiro atoms. The molecule has 0 aliphatic carbocycles. The van der Waals surface area contributed by atoms with Crippen molar-refractivity contribution in [1.82, 2.24) is 5.32 Å². The van der Waals surface area contributed by atoms with Crippen molar-refractivity contribution in [1.29, 1.82) is 0 Å². The van der Waals surface area contributed by atoms with Crippen molar-refractivity contribution in [2.75, 3.05) is 4.90 Å². The van der Waals surface area contributed by atoms with Crippen LogP contribution < -0.4 is 15.0 Å². The van der Waals surface area contributed by atoms with E-state index in [0.29, 0.717) is 22.9 Å². The van der Waals surface area contributed by atoms with E-state index in [0.717, 1.165) is 19.6 Å². The molecule has 166 valence electrons. The van der Waals surface area contributed by atoms with Crippen LogP contribution in [0.2, 0.25) is 5.02 Å². The van der Waals surface area contributed by atoms with Crippen LogP contribution in [0.5, 0.6) is 5.75 Å². The van der Waals surface area contributed by atoms with Crippen LogP contribution in [0.3, 0.4) is 0 Å². The van der Waals surface area contributed by atoms with Crippen LogP contribution in [0.1, 0.15) is 16.7 Å². The van der Waals surface area contributed by atoms with Gasteiger partial charge in [0.25, 0.3) is 11.8 Å². The number of anilines is 1. The first-order valence-electron chi connectivity index (χ1n) is 9.97. The molecule has 0 unspecified atom stereocenters. The molecule has 1 fully saturated rings. The summed E-state index contributed by atoms with van der Waals surface area (Å²) in [6, 6.07) is 19.0. The largest absolute Gasteiger partial charge is 0.488 e. The van der Waals surface area contributed by atoms with Crippen molar-refractivity contribution in [2.45, 2.75) is 13.5 Å². The number of nitrogens with one attached hydrogen (secondary N) is 1. The van der Waals surface area contributed by atoms with Gasteiger partial charge >= 0.3 is 6.03 Å². The van der Waals surface area contributed by atoms with E-state index in [2.05, 4.69) is 27.9 Å². The number of benzene rings is 3. The number of amides is 4. The van der Waals surface area contributed by atoms with Gasteiger partial charge in [-0.25, -0.2) is 9.69 Å². The van der Waals surface area contributed by atoms with Gasteiger partial charge in [0.15, 0.2) is 0 Å². The summed E-state index contributed by atoms with van der Waals surface area (Å²) in [4.78, 5) is 39.0. The quantitative estimate of drug-likeness (QED) is 0.249. The zero-order valence-corrected chi connectivity index (χ0v) is 20.4. The molecule has 0 aromatic heterocycles. The van der Waals surface area contributed by atoms with E-state index in [1.165, 1.54) is 12.1 Å². The molecule has 0 bridgehead atoms. The average Bonchev–Trinajstić information content (AvgIpc) is 2.79. The molecule has 1 aliphatic heterocycles. The van der Waals surface area contributed by atoms with Gasteiger partial charge < -0.3 is 4.74 Å². The van der Waals surface area contributed by atoms with Crippen LogP contribution in [0.15, 0.2) is 72.3 Å². The molecular formula is C25H18ClIN2O4. The third-order valence-corrected chi connectivity index (χ3v) is 6.17. The summed E-state index contributed by atoms with van der Waals surface area (Å²) >= 11 is 8.40. The highest BCUT2D eigenvalue weighted by Gasteiger charge is 2.37. The summed E-state index contributed by atoms with van der Waals surface area (Å²) in [6.07, 6.45) is 1.43. The molecule has 0 saturated carbocycles. The second-order valence-electron chi connectivity index (χ2n) is 7.34. The number of imide groups is 2. The van der Waals surface area contributed by atoms with Crippen LogP contribution in [-0.4, -0.2) is 17.8 Å². The number of hydrogen-bond donors (Lipinski definition) is 1. The lowest BCUT2D eigenvalue weighted by Gasteiger charge is -2.26. The lowest BCUT2D eigenvalue weighted by molar-refractivity contribution is -0.122. The lowest BCUT2D eigenvalue weighted by atomic mass is 10.1. The predicted molar refractivity (Wildman–Crippen MR) is 135 cm³/mol. The van der Waals surface area contributed by atoms with E-state index < -0.39 is 17.8 Å². The molecule has 1 aliphatic rings. The van der Waals surface area contributed by atoms with Crippen molar-refractivity contribution in [2.24, 2.45) is 0 Å². The van der Waals surface area contributed by atoms with Gasteiger partial charge in [0.2, 0.25) is 0 Å². The number of nitrogens with zero attached hydrogens (tertiary/aromatic N) is 1. The number of rotatable bonds is 5. The first-order valence-corrected chi connectivity index (χ1v) is 11.4. The SMILES string of the molecule is Cc1ccc(N2C(=O)NC(=O)/C(=C/c3ccccc3OCc3ccc(I)cc3)C2=O)cc1Cl. The maximum absolute atomic E-state index is 13.2. The molecule has 1 saturated heterocycles. The highest BCUT2D eigenvalue weighted by Crippen LogP contribution is 2.28. The van der Waals surface area contributed by atoms with Gasteiger partial charge in [-0.3, -0.25) is 14.9 Å². The summed E-state index contributed by atoms with van der Waals surface area (Å²) in [6.45, 7) is 2.13.